The van der Waals surface area contributed by atoms with Crippen LogP contribution in [0.4, 0.5) is 17.3 Å². The minimum Gasteiger partial charge on any atom is -0.490 e. The van der Waals surface area contributed by atoms with Gasteiger partial charge in [0, 0.05) is 25.4 Å². The molecule has 2 rings (SSSR count). The Hall–Kier alpha value is -0.349. The molecule has 0 fully saturated rings. The Kier molecular flexibility index (Phi) is 6.92. The maximum atomic E-state index is 13.4. The van der Waals surface area contributed by atoms with Crippen molar-refractivity contribution in [2.45, 2.75) is 6.42 Å². The van der Waals surface area contributed by atoms with E-state index in [2.05, 4.69) is 5.10 Å². The van der Waals surface area contributed by atoms with Crippen LogP contribution in [-0.4, -0.2) is 23.4 Å². The molecule has 2 aromatic rings. The number of aryl methyl sites for hydroxylation is 1. The number of ether oxygens (including phenoxy) is 1. The summed E-state index contributed by atoms with van der Waals surface area (Å²) in [7, 11) is 1.74. The summed E-state index contributed by atoms with van der Waals surface area (Å²) in [6, 6.07) is 3.93. The standard InChI is InChI=1S/C12H12BF4N2O.K/c1-19-10(4-6-18-19)5-7-20-12-8-9(13(15,16)17)2-3-11(12)14;/h2-4,6,8H,5,7H2,1H3;/q-1;+1. The molecular formula is C12H12BF4KN2O. The van der Waals surface area contributed by atoms with Crippen molar-refractivity contribution in [2.24, 2.45) is 7.05 Å². The zero-order chi connectivity index (χ0) is 14.8. The monoisotopic (exact) mass is 326 g/mol. The Morgan fingerprint density at radius 2 is 1.95 bits per heavy atom. The molecule has 108 valence electrons. The number of nitrogens with zero attached hydrogens (tertiary/aromatic N) is 2. The molecule has 0 bridgehead atoms. The number of rotatable bonds is 5. The summed E-state index contributed by atoms with van der Waals surface area (Å²) in [5, 5.41) is 3.95. The van der Waals surface area contributed by atoms with Gasteiger partial charge in [0.05, 0.1) is 6.61 Å². The topological polar surface area (TPSA) is 27.1 Å². The van der Waals surface area contributed by atoms with E-state index in [1.54, 1.807) is 24.0 Å². The molecule has 0 radical (unpaired) electrons. The van der Waals surface area contributed by atoms with Gasteiger partial charge in [-0.1, -0.05) is 6.07 Å². The summed E-state index contributed by atoms with van der Waals surface area (Å²) in [6.45, 7) is -5.09. The molecule has 0 unspecified atom stereocenters. The Bertz CT molecular complexity index is 603. The number of hydrogen-bond acceptors (Lipinski definition) is 2. The molecule has 9 heteroatoms. The third-order valence-electron chi connectivity index (χ3n) is 2.87. The van der Waals surface area contributed by atoms with Gasteiger partial charge >= 0.3 is 58.4 Å². The molecule has 1 aromatic heterocycles. The fraction of sp³-hybridized carbons (Fsp3) is 0.250. The molecule has 1 heterocycles. The van der Waals surface area contributed by atoms with Crippen LogP contribution in [0, 0.1) is 5.82 Å². The normalized spacial score (nSPS) is 11.1. The molecule has 0 saturated heterocycles. The average Bonchev–Trinajstić information content (AvgIpc) is 2.76. The fourth-order valence-electron chi connectivity index (χ4n) is 1.75. The zero-order valence-electron chi connectivity index (χ0n) is 11.7. The molecule has 3 nitrogen and oxygen atoms in total. The molecule has 0 atom stereocenters. The van der Waals surface area contributed by atoms with Gasteiger partial charge in [0.1, 0.15) is 0 Å². The van der Waals surface area contributed by atoms with Crippen molar-refractivity contribution in [3.8, 4) is 5.75 Å². The van der Waals surface area contributed by atoms with Crippen LogP contribution < -0.4 is 61.6 Å². The zero-order valence-corrected chi connectivity index (χ0v) is 14.8. The van der Waals surface area contributed by atoms with Crippen LogP contribution in [0.15, 0.2) is 30.5 Å². The van der Waals surface area contributed by atoms with Crippen molar-refractivity contribution in [1.82, 2.24) is 9.78 Å². The molecule has 0 spiro atoms. The van der Waals surface area contributed by atoms with E-state index in [0.29, 0.717) is 18.6 Å². The predicted octanol–water partition coefficient (Wildman–Crippen LogP) is -0.761. The van der Waals surface area contributed by atoms with Crippen molar-refractivity contribution in [1.29, 1.82) is 0 Å². The van der Waals surface area contributed by atoms with Crippen LogP contribution in [0.5, 0.6) is 5.75 Å². The van der Waals surface area contributed by atoms with E-state index >= 15 is 0 Å². The third kappa shape index (κ3) is 5.10. The second-order valence-corrected chi connectivity index (χ2v) is 4.31. The molecule has 0 amide bonds. The first-order valence-electron chi connectivity index (χ1n) is 5.97. The van der Waals surface area contributed by atoms with E-state index in [0.717, 1.165) is 11.8 Å². The van der Waals surface area contributed by atoms with Gasteiger partial charge in [0.15, 0.2) is 11.6 Å². The van der Waals surface area contributed by atoms with Crippen molar-refractivity contribution in [2.75, 3.05) is 6.61 Å². The van der Waals surface area contributed by atoms with E-state index in [1.807, 2.05) is 0 Å². The molecule has 0 aliphatic rings. The number of halogens is 4. The second-order valence-electron chi connectivity index (χ2n) is 4.31. The number of aromatic nitrogens is 2. The molecule has 0 aliphatic carbocycles. The largest absolute Gasteiger partial charge is 1.00 e. The van der Waals surface area contributed by atoms with Gasteiger partial charge in [-0.2, -0.15) is 5.10 Å². The summed E-state index contributed by atoms with van der Waals surface area (Å²) in [5.74, 6) is -1.19. The van der Waals surface area contributed by atoms with Crippen LogP contribution in [0.3, 0.4) is 0 Å². The summed E-state index contributed by atoms with van der Waals surface area (Å²) >= 11 is 0. The van der Waals surface area contributed by atoms with E-state index in [4.69, 9.17) is 4.74 Å². The van der Waals surface area contributed by atoms with Gasteiger partial charge < -0.3 is 17.7 Å². The average molecular weight is 326 g/mol. The van der Waals surface area contributed by atoms with Gasteiger partial charge in [-0.15, -0.1) is 5.46 Å². The predicted molar refractivity (Wildman–Crippen MR) is 67.5 cm³/mol. The Morgan fingerprint density at radius 1 is 1.24 bits per heavy atom. The minimum atomic E-state index is -5.16. The van der Waals surface area contributed by atoms with Gasteiger partial charge in [-0.3, -0.25) is 4.68 Å². The molecule has 1 aromatic carbocycles. The maximum Gasteiger partial charge on any atom is 1.00 e. The SMILES string of the molecule is Cn1nccc1CCOc1cc([B-](F)(F)F)ccc1F.[K+]. The van der Waals surface area contributed by atoms with Crippen molar-refractivity contribution < 1.29 is 73.5 Å². The third-order valence-corrected chi connectivity index (χ3v) is 2.87. The molecular weight excluding hydrogens is 314 g/mol. The summed E-state index contributed by atoms with van der Waals surface area (Å²) in [5.41, 5.74) is -0.0245. The first kappa shape index (κ1) is 18.7. The first-order chi connectivity index (χ1) is 9.38. The molecule has 0 N–H and O–H groups in total. The quantitative estimate of drug-likeness (QED) is 0.534. The van der Waals surface area contributed by atoms with Crippen LogP contribution in [0.2, 0.25) is 0 Å². The Balaban J connectivity index is 0.00000220. The number of benzene rings is 1. The summed E-state index contributed by atoms with van der Waals surface area (Å²) in [6.07, 6.45) is 2.03. The molecule has 0 aliphatic heterocycles. The van der Waals surface area contributed by atoms with Crippen molar-refractivity contribution in [3.63, 3.8) is 0 Å². The Morgan fingerprint density at radius 3 is 2.52 bits per heavy atom. The molecule has 0 saturated carbocycles. The number of hydrogen-bond donors (Lipinski definition) is 0. The van der Waals surface area contributed by atoms with Crippen LogP contribution >= 0.6 is 0 Å². The van der Waals surface area contributed by atoms with Crippen LogP contribution in [-0.2, 0) is 13.5 Å². The van der Waals surface area contributed by atoms with E-state index in [1.165, 1.54) is 0 Å². The first-order valence-corrected chi connectivity index (χ1v) is 5.97. The Labute approximate surface area is 162 Å². The van der Waals surface area contributed by atoms with Gasteiger partial charge in [-0.25, -0.2) is 4.39 Å². The van der Waals surface area contributed by atoms with Crippen molar-refractivity contribution in [3.05, 3.63) is 42.0 Å². The maximum absolute atomic E-state index is 13.4. The minimum absolute atomic E-state index is 0. The van der Waals surface area contributed by atoms with Gasteiger partial charge in [0.25, 0.3) is 0 Å². The van der Waals surface area contributed by atoms with E-state index in [-0.39, 0.29) is 63.7 Å². The smallest absolute Gasteiger partial charge is 0.490 e. The summed E-state index contributed by atoms with van der Waals surface area (Å²) < 4.78 is 57.8. The van der Waals surface area contributed by atoms with Gasteiger partial charge in [0.2, 0.25) is 0 Å². The fourth-order valence-corrected chi connectivity index (χ4v) is 1.75. The molecule has 21 heavy (non-hydrogen) atoms. The van der Waals surface area contributed by atoms with Crippen molar-refractivity contribution >= 4 is 12.4 Å². The van der Waals surface area contributed by atoms with E-state index < -0.39 is 18.3 Å². The summed E-state index contributed by atoms with van der Waals surface area (Å²) in [4.78, 5) is 0. The van der Waals surface area contributed by atoms with Crippen LogP contribution in [0.25, 0.3) is 0 Å². The second kappa shape index (κ2) is 7.78. The van der Waals surface area contributed by atoms with Crippen LogP contribution in [0.1, 0.15) is 5.69 Å². The van der Waals surface area contributed by atoms with Gasteiger partial charge in [-0.05, 0) is 18.2 Å². The van der Waals surface area contributed by atoms with E-state index in [9.17, 15) is 17.3 Å².